The number of hydrogen-bond donors (Lipinski definition) is 1. The molecule has 0 aliphatic carbocycles. The van der Waals surface area contributed by atoms with Gasteiger partial charge in [-0.1, -0.05) is 12.1 Å². The summed E-state index contributed by atoms with van der Waals surface area (Å²) in [5.74, 6) is 4.21. The Labute approximate surface area is 102 Å². The second kappa shape index (κ2) is 5.60. The van der Waals surface area contributed by atoms with E-state index < -0.39 is 0 Å². The summed E-state index contributed by atoms with van der Waals surface area (Å²) in [5, 5.41) is 0. The van der Waals surface area contributed by atoms with Crippen LogP contribution in [0.3, 0.4) is 0 Å². The van der Waals surface area contributed by atoms with Crippen molar-refractivity contribution in [3.8, 4) is 5.75 Å². The number of ether oxygens (including phenoxy) is 1. The molecule has 1 saturated heterocycles. The second-order valence-corrected chi connectivity index (χ2v) is 5.39. The minimum atomic E-state index is 0.554. The lowest BCUT2D eigenvalue weighted by Crippen LogP contribution is -2.09. The van der Waals surface area contributed by atoms with Crippen LogP contribution in [-0.2, 0) is 6.54 Å². The summed E-state index contributed by atoms with van der Waals surface area (Å²) in [6.45, 7) is 0.554. The fraction of sp³-hybridized carbons (Fsp3) is 0.538. The number of thioether (sulfide) groups is 1. The molecule has 1 aliphatic heterocycles. The van der Waals surface area contributed by atoms with Gasteiger partial charge in [0.2, 0.25) is 0 Å². The summed E-state index contributed by atoms with van der Waals surface area (Å²) in [5.41, 5.74) is 8.30. The van der Waals surface area contributed by atoms with Crippen LogP contribution in [0.2, 0.25) is 0 Å². The fourth-order valence-corrected chi connectivity index (χ4v) is 3.35. The van der Waals surface area contributed by atoms with E-state index >= 15 is 0 Å². The molecule has 2 nitrogen and oxygen atoms in total. The molecule has 0 bridgehead atoms. The summed E-state index contributed by atoms with van der Waals surface area (Å²) in [6.07, 6.45) is 2.59. The summed E-state index contributed by atoms with van der Waals surface area (Å²) in [6, 6.07) is 6.47. The van der Waals surface area contributed by atoms with Crippen molar-refractivity contribution in [2.45, 2.75) is 25.3 Å². The third-order valence-corrected chi connectivity index (χ3v) is 4.27. The lowest BCUT2D eigenvalue weighted by Gasteiger charge is -2.22. The largest absolute Gasteiger partial charge is 0.496 e. The monoisotopic (exact) mass is 237 g/mol. The van der Waals surface area contributed by atoms with Gasteiger partial charge in [0.05, 0.1) is 7.11 Å². The molecule has 0 atom stereocenters. The van der Waals surface area contributed by atoms with Gasteiger partial charge >= 0.3 is 0 Å². The molecule has 88 valence electrons. The highest BCUT2D eigenvalue weighted by atomic mass is 32.2. The number of nitrogens with two attached hydrogens (primary N) is 1. The minimum absolute atomic E-state index is 0.554. The Kier molecular flexibility index (Phi) is 4.13. The zero-order valence-corrected chi connectivity index (χ0v) is 10.6. The van der Waals surface area contributed by atoms with E-state index in [9.17, 15) is 0 Å². The standard InChI is InChI=1S/C13H19NOS/c1-15-13-3-2-11(8-12(13)9-14)10-4-6-16-7-5-10/h2-3,8,10H,4-7,9,14H2,1H3. The van der Waals surface area contributed by atoms with Crippen molar-refractivity contribution in [2.75, 3.05) is 18.6 Å². The van der Waals surface area contributed by atoms with E-state index in [4.69, 9.17) is 10.5 Å². The van der Waals surface area contributed by atoms with Gasteiger partial charge in [-0.25, -0.2) is 0 Å². The first kappa shape index (κ1) is 11.8. The van der Waals surface area contributed by atoms with E-state index in [2.05, 4.69) is 30.0 Å². The van der Waals surface area contributed by atoms with E-state index in [-0.39, 0.29) is 0 Å². The first-order valence-electron chi connectivity index (χ1n) is 5.79. The van der Waals surface area contributed by atoms with Crippen molar-refractivity contribution in [1.82, 2.24) is 0 Å². The van der Waals surface area contributed by atoms with Crippen LogP contribution >= 0.6 is 11.8 Å². The maximum atomic E-state index is 5.74. The first-order valence-corrected chi connectivity index (χ1v) is 6.95. The molecule has 3 heteroatoms. The third-order valence-electron chi connectivity index (χ3n) is 3.22. The van der Waals surface area contributed by atoms with Gasteiger partial charge in [0.15, 0.2) is 0 Å². The van der Waals surface area contributed by atoms with Gasteiger partial charge < -0.3 is 10.5 Å². The van der Waals surface area contributed by atoms with Crippen LogP contribution in [0.25, 0.3) is 0 Å². The second-order valence-electron chi connectivity index (χ2n) is 4.16. The van der Waals surface area contributed by atoms with Crippen LogP contribution in [0.1, 0.15) is 29.9 Å². The molecule has 0 saturated carbocycles. The molecule has 1 heterocycles. The molecular formula is C13H19NOS. The SMILES string of the molecule is COc1ccc(C2CCSCC2)cc1CN. The molecule has 1 fully saturated rings. The molecule has 0 unspecified atom stereocenters. The predicted molar refractivity (Wildman–Crippen MR) is 70.2 cm³/mol. The average Bonchev–Trinajstić information content (AvgIpc) is 2.39. The topological polar surface area (TPSA) is 35.2 Å². The summed E-state index contributed by atoms with van der Waals surface area (Å²) >= 11 is 2.06. The Morgan fingerprint density at radius 2 is 2.12 bits per heavy atom. The van der Waals surface area contributed by atoms with Crippen LogP contribution in [0.4, 0.5) is 0 Å². The van der Waals surface area contributed by atoms with E-state index in [1.165, 1.54) is 29.9 Å². The number of benzene rings is 1. The predicted octanol–water partition coefficient (Wildman–Crippen LogP) is 2.76. The van der Waals surface area contributed by atoms with Crippen molar-refractivity contribution in [2.24, 2.45) is 5.73 Å². The van der Waals surface area contributed by atoms with E-state index in [1.807, 2.05) is 0 Å². The normalized spacial score (nSPS) is 17.4. The lowest BCUT2D eigenvalue weighted by molar-refractivity contribution is 0.409. The highest BCUT2D eigenvalue weighted by molar-refractivity contribution is 7.99. The first-order chi connectivity index (χ1) is 7.85. The molecule has 1 aromatic rings. The Morgan fingerprint density at radius 3 is 2.75 bits per heavy atom. The zero-order chi connectivity index (χ0) is 11.4. The number of methoxy groups -OCH3 is 1. The average molecular weight is 237 g/mol. The molecule has 0 aromatic heterocycles. The number of hydrogen-bond acceptors (Lipinski definition) is 3. The molecule has 0 amide bonds. The van der Waals surface area contributed by atoms with Crippen molar-refractivity contribution < 1.29 is 4.74 Å². The molecule has 1 aromatic carbocycles. The minimum Gasteiger partial charge on any atom is -0.496 e. The number of rotatable bonds is 3. The fourth-order valence-electron chi connectivity index (χ4n) is 2.24. The molecule has 2 N–H and O–H groups in total. The zero-order valence-electron chi connectivity index (χ0n) is 9.74. The Bertz CT molecular complexity index is 348. The molecule has 1 aliphatic rings. The van der Waals surface area contributed by atoms with Gasteiger partial charge in [-0.2, -0.15) is 11.8 Å². The maximum Gasteiger partial charge on any atom is 0.123 e. The Balaban J connectivity index is 2.20. The van der Waals surface area contributed by atoms with Crippen LogP contribution in [-0.4, -0.2) is 18.6 Å². The molecule has 0 spiro atoms. The van der Waals surface area contributed by atoms with E-state index in [1.54, 1.807) is 7.11 Å². The molecule has 16 heavy (non-hydrogen) atoms. The molecular weight excluding hydrogens is 218 g/mol. The van der Waals surface area contributed by atoms with Gasteiger partial charge in [-0.3, -0.25) is 0 Å². The van der Waals surface area contributed by atoms with Gasteiger partial charge in [0.25, 0.3) is 0 Å². The Hall–Kier alpha value is -0.670. The maximum absolute atomic E-state index is 5.74. The van der Waals surface area contributed by atoms with Crippen LogP contribution in [0, 0.1) is 0 Å². The van der Waals surface area contributed by atoms with Crippen molar-refractivity contribution in [3.63, 3.8) is 0 Å². The van der Waals surface area contributed by atoms with Crippen LogP contribution in [0.5, 0.6) is 5.75 Å². The summed E-state index contributed by atoms with van der Waals surface area (Å²) < 4.78 is 5.29. The van der Waals surface area contributed by atoms with Crippen molar-refractivity contribution in [3.05, 3.63) is 29.3 Å². The van der Waals surface area contributed by atoms with Gasteiger partial charge in [-0.15, -0.1) is 0 Å². The van der Waals surface area contributed by atoms with Crippen LogP contribution in [0.15, 0.2) is 18.2 Å². The highest BCUT2D eigenvalue weighted by Gasteiger charge is 2.16. The smallest absolute Gasteiger partial charge is 0.123 e. The summed E-state index contributed by atoms with van der Waals surface area (Å²) in [7, 11) is 1.70. The molecule has 2 rings (SSSR count). The van der Waals surface area contributed by atoms with Gasteiger partial charge in [-0.05, 0) is 41.9 Å². The van der Waals surface area contributed by atoms with Crippen molar-refractivity contribution in [1.29, 1.82) is 0 Å². The van der Waals surface area contributed by atoms with Gasteiger partial charge in [0, 0.05) is 12.1 Å². The van der Waals surface area contributed by atoms with E-state index in [0.717, 1.165) is 17.2 Å². The Morgan fingerprint density at radius 1 is 1.38 bits per heavy atom. The lowest BCUT2D eigenvalue weighted by atomic mass is 9.92. The third kappa shape index (κ3) is 2.53. The highest BCUT2D eigenvalue weighted by Crippen LogP contribution is 2.33. The molecule has 0 radical (unpaired) electrons. The summed E-state index contributed by atoms with van der Waals surface area (Å²) in [4.78, 5) is 0. The van der Waals surface area contributed by atoms with Crippen molar-refractivity contribution >= 4 is 11.8 Å². The van der Waals surface area contributed by atoms with Crippen LogP contribution < -0.4 is 10.5 Å². The quantitative estimate of drug-likeness (QED) is 0.878. The van der Waals surface area contributed by atoms with Gasteiger partial charge in [0.1, 0.15) is 5.75 Å². The van der Waals surface area contributed by atoms with E-state index in [0.29, 0.717) is 6.54 Å².